The van der Waals surface area contributed by atoms with Crippen molar-refractivity contribution in [3.8, 4) is 0 Å². The zero-order chi connectivity index (χ0) is 23.8. The average molecular weight is 510 g/mol. The van der Waals surface area contributed by atoms with Gasteiger partial charge in [-0.1, -0.05) is 59.8 Å². The summed E-state index contributed by atoms with van der Waals surface area (Å²) in [5.41, 5.74) is 1.91. The second-order valence-corrected chi connectivity index (χ2v) is 9.59. The Morgan fingerprint density at radius 3 is 2.62 bits per heavy atom. The summed E-state index contributed by atoms with van der Waals surface area (Å²) in [6.07, 6.45) is 1.52. The van der Waals surface area contributed by atoms with E-state index in [1.54, 1.807) is 60.7 Å². The molecule has 34 heavy (non-hydrogen) atoms. The lowest BCUT2D eigenvalue weighted by Crippen LogP contribution is -2.35. The molecule has 1 fully saturated rings. The fraction of sp³-hybridized carbons (Fsp3) is 0.0833. The van der Waals surface area contributed by atoms with Gasteiger partial charge in [0.25, 0.3) is 11.8 Å². The van der Waals surface area contributed by atoms with Gasteiger partial charge in [0, 0.05) is 16.3 Å². The van der Waals surface area contributed by atoms with Gasteiger partial charge in [0.1, 0.15) is 16.6 Å². The molecule has 170 valence electrons. The lowest BCUT2D eigenvalue weighted by atomic mass is 10.1. The van der Waals surface area contributed by atoms with Crippen LogP contribution in [0.4, 0.5) is 11.4 Å². The van der Waals surface area contributed by atoms with Crippen LogP contribution in [0.15, 0.2) is 76.2 Å². The highest BCUT2D eigenvalue weighted by atomic mass is 35.5. The fourth-order valence-corrected chi connectivity index (χ4v) is 5.33. The third-order valence-electron chi connectivity index (χ3n) is 5.30. The highest BCUT2D eigenvalue weighted by Crippen LogP contribution is 2.44. The maximum atomic E-state index is 13.5. The number of thioether (sulfide) groups is 1. The normalized spacial score (nSPS) is 17.5. The number of furan rings is 1. The third-order valence-corrected chi connectivity index (χ3v) is 6.99. The standard InChI is InChI=1S/C24H16ClN3O4S2/c25-14-5-3-6-15(11-14)26-19(29)13-27-18-9-2-1-8-17(18)20(22(27)30)21-23(31)28(24(33)34-21)12-16-7-4-10-32-16/h1-11H,12-13H2,(H,26,29)/b21-20-. The Balaban J connectivity index is 1.44. The van der Waals surface area contributed by atoms with Gasteiger partial charge in [-0.3, -0.25) is 24.2 Å². The van der Waals surface area contributed by atoms with Crippen LogP contribution in [0.1, 0.15) is 11.3 Å². The summed E-state index contributed by atoms with van der Waals surface area (Å²) in [6, 6.07) is 17.3. The molecule has 2 aromatic carbocycles. The molecule has 3 heterocycles. The van der Waals surface area contributed by atoms with E-state index in [1.807, 2.05) is 0 Å². The van der Waals surface area contributed by atoms with E-state index in [0.29, 0.717) is 32.0 Å². The quantitative estimate of drug-likeness (QED) is 0.397. The summed E-state index contributed by atoms with van der Waals surface area (Å²) in [6.45, 7) is -0.0470. The van der Waals surface area contributed by atoms with Gasteiger partial charge in [0.15, 0.2) is 0 Å². The van der Waals surface area contributed by atoms with Crippen molar-refractivity contribution in [1.82, 2.24) is 4.90 Å². The van der Waals surface area contributed by atoms with Gasteiger partial charge in [0.2, 0.25) is 5.91 Å². The molecule has 0 aliphatic carbocycles. The predicted octanol–water partition coefficient (Wildman–Crippen LogP) is 4.69. The summed E-state index contributed by atoms with van der Waals surface area (Å²) in [4.78, 5) is 42.5. The van der Waals surface area contributed by atoms with Crippen LogP contribution in [-0.4, -0.2) is 33.5 Å². The largest absolute Gasteiger partial charge is 0.467 e. The van der Waals surface area contributed by atoms with Gasteiger partial charge in [-0.2, -0.15) is 0 Å². The average Bonchev–Trinajstić information content (AvgIpc) is 3.49. The van der Waals surface area contributed by atoms with Gasteiger partial charge in [-0.25, -0.2) is 0 Å². The van der Waals surface area contributed by atoms with Gasteiger partial charge in [-0.15, -0.1) is 0 Å². The molecule has 1 saturated heterocycles. The number of amides is 3. The van der Waals surface area contributed by atoms with Crippen molar-refractivity contribution < 1.29 is 18.8 Å². The van der Waals surface area contributed by atoms with Crippen molar-refractivity contribution in [2.75, 3.05) is 16.8 Å². The topological polar surface area (TPSA) is 82.9 Å². The molecule has 0 bridgehead atoms. The van der Waals surface area contributed by atoms with Crippen LogP contribution in [0.2, 0.25) is 5.02 Å². The van der Waals surface area contributed by atoms with Gasteiger partial charge in [0.05, 0.1) is 29.0 Å². The van der Waals surface area contributed by atoms with Crippen LogP contribution >= 0.6 is 35.6 Å². The number of thiocarbonyl (C=S) groups is 1. The number of hydrogen-bond acceptors (Lipinski definition) is 6. The van der Waals surface area contributed by atoms with Crippen LogP contribution in [0, 0.1) is 0 Å². The van der Waals surface area contributed by atoms with Gasteiger partial charge < -0.3 is 9.73 Å². The van der Waals surface area contributed by atoms with Gasteiger partial charge in [-0.05, 0) is 36.4 Å². The molecular formula is C24H16ClN3O4S2. The molecule has 2 aliphatic heterocycles. The number of hydrogen-bond donors (Lipinski definition) is 1. The number of carbonyl (C=O) groups is 3. The number of anilines is 2. The molecule has 1 N–H and O–H groups in total. The molecule has 0 unspecified atom stereocenters. The highest BCUT2D eigenvalue weighted by molar-refractivity contribution is 8.26. The first kappa shape index (κ1) is 22.4. The number of rotatable bonds is 5. The molecular weight excluding hydrogens is 494 g/mol. The second-order valence-electron chi connectivity index (χ2n) is 7.51. The molecule has 0 radical (unpaired) electrons. The molecule has 2 aliphatic rings. The van der Waals surface area contributed by atoms with Crippen LogP contribution in [-0.2, 0) is 20.9 Å². The Hall–Kier alpha value is -3.40. The van der Waals surface area contributed by atoms with E-state index in [0.717, 1.165) is 11.8 Å². The highest BCUT2D eigenvalue weighted by Gasteiger charge is 2.42. The first-order valence-corrected chi connectivity index (χ1v) is 11.8. The van der Waals surface area contributed by atoms with Crippen LogP contribution in [0.3, 0.4) is 0 Å². The van der Waals surface area contributed by atoms with Crippen molar-refractivity contribution in [2.24, 2.45) is 0 Å². The number of fused-ring (bicyclic) bond motifs is 1. The predicted molar refractivity (Wildman–Crippen MR) is 135 cm³/mol. The minimum absolute atomic E-state index is 0.177. The van der Waals surface area contributed by atoms with E-state index < -0.39 is 11.8 Å². The Morgan fingerprint density at radius 2 is 1.85 bits per heavy atom. The Labute approximate surface area is 209 Å². The molecule has 10 heteroatoms. The molecule has 7 nitrogen and oxygen atoms in total. The molecule has 5 rings (SSSR count). The van der Waals surface area contributed by atoms with E-state index >= 15 is 0 Å². The van der Waals surface area contributed by atoms with E-state index in [2.05, 4.69) is 5.32 Å². The first-order chi connectivity index (χ1) is 16.4. The summed E-state index contributed by atoms with van der Waals surface area (Å²) in [7, 11) is 0. The molecule has 3 amide bonds. The van der Waals surface area contributed by atoms with Crippen molar-refractivity contribution in [1.29, 1.82) is 0 Å². The minimum Gasteiger partial charge on any atom is -0.467 e. The molecule has 0 spiro atoms. The molecule has 0 atom stereocenters. The lowest BCUT2D eigenvalue weighted by Gasteiger charge is -2.17. The third kappa shape index (κ3) is 4.13. The molecule has 3 aromatic rings. The van der Waals surface area contributed by atoms with Crippen LogP contribution < -0.4 is 10.2 Å². The summed E-state index contributed by atoms with van der Waals surface area (Å²) in [5, 5.41) is 3.23. The number of para-hydroxylation sites is 1. The lowest BCUT2D eigenvalue weighted by molar-refractivity contribution is -0.123. The van der Waals surface area contributed by atoms with Crippen molar-refractivity contribution >= 4 is 74.6 Å². The number of nitrogens with zero attached hydrogens (tertiary/aromatic N) is 2. The Bertz CT molecular complexity index is 1370. The van der Waals surface area contributed by atoms with E-state index in [4.69, 9.17) is 28.2 Å². The maximum absolute atomic E-state index is 13.5. The molecule has 0 saturated carbocycles. The van der Waals surface area contributed by atoms with Crippen molar-refractivity contribution in [3.05, 3.63) is 88.2 Å². The van der Waals surface area contributed by atoms with E-state index in [9.17, 15) is 14.4 Å². The van der Waals surface area contributed by atoms with Crippen LogP contribution in [0.25, 0.3) is 5.57 Å². The Morgan fingerprint density at radius 1 is 1.03 bits per heavy atom. The summed E-state index contributed by atoms with van der Waals surface area (Å²) in [5.74, 6) is -0.604. The zero-order valence-electron chi connectivity index (χ0n) is 17.5. The van der Waals surface area contributed by atoms with Crippen molar-refractivity contribution in [2.45, 2.75) is 6.54 Å². The number of benzene rings is 2. The van der Waals surface area contributed by atoms with E-state index in [1.165, 1.54) is 16.1 Å². The summed E-state index contributed by atoms with van der Waals surface area (Å²) < 4.78 is 5.68. The van der Waals surface area contributed by atoms with Gasteiger partial charge >= 0.3 is 0 Å². The molecule has 1 aromatic heterocycles. The fourth-order valence-electron chi connectivity index (χ4n) is 3.81. The summed E-state index contributed by atoms with van der Waals surface area (Å²) >= 11 is 12.5. The van der Waals surface area contributed by atoms with E-state index in [-0.39, 0.29) is 29.5 Å². The number of halogens is 1. The zero-order valence-corrected chi connectivity index (χ0v) is 19.9. The van der Waals surface area contributed by atoms with Crippen LogP contribution in [0.5, 0.6) is 0 Å². The maximum Gasteiger partial charge on any atom is 0.267 e. The Kier molecular flexibility index (Phi) is 5.99. The van der Waals surface area contributed by atoms with Crippen molar-refractivity contribution in [3.63, 3.8) is 0 Å². The smallest absolute Gasteiger partial charge is 0.267 e. The minimum atomic E-state index is -0.430. The monoisotopic (exact) mass is 509 g/mol. The second kappa shape index (κ2) is 9.09. The number of carbonyl (C=O) groups excluding carboxylic acids is 3. The SMILES string of the molecule is O=C(CN1C(=O)/C(=C2\SC(=S)N(Cc3ccco3)C2=O)c2ccccc21)Nc1cccc(Cl)c1. The first-order valence-electron chi connectivity index (χ1n) is 10.2. The number of nitrogens with one attached hydrogen (secondary N) is 1.